The van der Waals surface area contributed by atoms with Crippen molar-refractivity contribution in [1.29, 1.82) is 0 Å². The molecule has 2 aliphatic rings. The van der Waals surface area contributed by atoms with Gasteiger partial charge >= 0.3 is 5.97 Å². The molecule has 0 radical (unpaired) electrons. The standard InChI is InChI=1S/C23H33ClO4/c1-6-23(7-2)27-19-11-9-16(24)13-18(19)21(28-23)22(25)26-20-12-15(5)8-10-17(20)14(3)4/h9,11,13-15,17,20-21H,6-8,10,12H2,1-5H3/t15-,17+,20-,21+/m0/s1. The normalized spacial score (nSPS) is 29.1. The molecule has 1 aliphatic carbocycles. The van der Waals surface area contributed by atoms with Crippen LogP contribution in [0.15, 0.2) is 18.2 Å². The minimum Gasteiger partial charge on any atom is -0.462 e. The fraction of sp³-hybridized carbons (Fsp3) is 0.696. The van der Waals surface area contributed by atoms with Crippen molar-refractivity contribution in [3.8, 4) is 5.75 Å². The van der Waals surface area contributed by atoms with Crippen molar-refractivity contribution in [2.24, 2.45) is 17.8 Å². The number of fused-ring (bicyclic) bond motifs is 1. The van der Waals surface area contributed by atoms with Gasteiger partial charge in [0.05, 0.1) is 0 Å². The molecule has 28 heavy (non-hydrogen) atoms. The average Bonchev–Trinajstić information content (AvgIpc) is 2.67. The van der Waals surface area contributed by atoms with Crippen LogP contribution >= 0.6 is 11.6 Å². The third-order valence-corrected chi connectivity index (χ3v) is 6.64. The fourth-order valence-electron chi connectivity index (χ4n) is 4.52. The summed E-state index contributed by atoms with van der Waals surface area (Å²) in [4.78, 5) is 13.3. The lowest BCUT2D eigenvalue weighted by Gasteiger charge is -2.42. The molecule has 1 heterocycles. The number of hydrogen-bond acceptors (Lipinski definition) is 4. The monoisotopic (exact) mass is 408 g/mol. The summed E-state index contributed by atoms with van der Waals surface area (Å²) in [7, 11) is 0. The van der Waals surface area contributed by atoms with Gasteiger partial charge in [-0.15, -0.1) is 0 Å². The molecule has 1 aromatic carbocycles. The van der Waals surface area contributed by atoms with E-state index in [0.29, 0.717) is 46.9 Å². The van der Waals surface area contributed by atoms with Gasteiger partial charge in [0.2, 0.25) is 5.79 Å². The van der Waals surface area contributed by atoms with Crippen LogP contribution in [0.3, 0.4) is 0 Å². The Morgan fingerprint density at radius 3 is 2.64 bits per heavy atom. The number of carbonyl (C=O) groups is 1. The molecule has 156 valence electrons. The zero-order chi connectivity index (χ0) is 20.5. The van der Waals surface area contributed by atoms with Crippen LogP contribution in [0.4, 0.5) is 0 Å². The first-order valence-electron chi connectivity index (χ1n) is 10.6. The highest BCUT2D eigenvalue weighted by Crippen LogP contribution is 2.44. The van der Waals surface area contributed by atoms with Crippen LogP contribution in [0.1, 0.15) is 78.4 Å². The number of ether oxygens (including phenoxy) is 3. The van der Waals surface area contributed by atoms with Crippen LogP contribution in [0.2, 0.25) is 5.02 Å². The van der Waals surface area contributed by atoms with Crippen LogP contribution in [0.5, 0.6) is 5.75 Å². The summed E-state index contributed by atoms with van der Waals surface area (Å²) in [6.07, 6.45) is 3.61. The van der Waals surface area contributed by atoms with Crippen LogP contribution in [0.25, 0.3) is 0 Å². The second-order valence-corrected chi connectivity index (χ2v) is 9.14. The summed E-state index contributed by atoms with van der Waals surface area (Å²) >= 11 is 6.20. The molecule has 0 aromatic heterocycles. The third-order valence-electron chi connectivity index (χ3n) is 6.40. The van der Waals surface area contributed by atoms with Gasteiger partial charge in [-0.25, -0.2) is 4.79 Å². The van der Waals surface area contributed by atoms with Gasteiger partial charge in [0.15, 0.2) is 6.10 Å². The third kappa shape index (κ3) is 4.33. The summed E-state index contributed by atoms with van der Waals surface area (Å²) in [5.41, 5.74) is 0.653. The maximum absolute atomic E-state index is 13.3. The smallest absolute Gasteiger partial charge is 0.340 e. The van der Waals surface area contributed by atoms with E-state index in [1.807, 2.05) is 19.9 Å². The number of benzene rings is 1. The van der Waals surface area contributed by atoms with Crippen molar-refractivity contribution in [3.05, 3.63) is 28.8 Å². The van der Waals surface area contributed by atoms with E-state index >= 15 is 0 Å². The minimum atomic E-state index is -0.818. The fourth-order valence-corrected chi connectivity index (χ4v) is 4.70. The maximum atomic E-state index is 13.3. The first-order valence-corrected chi connectivity index (χ1v) is 11.0. The van der Waals surface area contributed by atoms with Gasteiger partial charge in [0.25, 0.3) is 0 Å². The highest BCUT2D eigenvalue weighted by molar-refractivity contribution is 6.30. The lowest BCUT2D eigenvalue weighted by Crippen LogP contribution is -2.46. The number of hydrogen-bond donors (Lipinski definition) is 0. The molecule has 5 heteroatoms. The lowest BCUT2D eigenvalue weighted by molar-refractivity contribution is -0.242. The van der Waals surface area contributed by atoms with Crippen LogP contribution < -0.4 is 4.74 Å². The Bertz CT molecular complexity index is 698. The molecule has 3 rings (SSSR count). The number of rotatable bonds is 5. The highest BCUT2D eigenvalue weighted by Gasteiger charge is 2.44. The van der Waals surface area contributed by atoms with Crippen LogP contribution in [0, 0.1) is 17.8 Å². The molecule has 1 fully saturated rings. The first kappa shape index (κ1) is 21.4. The largest absolute Gasteiger partial charge is 0.462 e. The number of esters is 1. The van der Waals surface area contributed by atoms with Crippen LogP contribution in [-0.2, 0) is 14.3 Å². The van der Waals surface area contributed by atoms with E-state index in [-0.39, 0.29) is 12.1 Å². The summed E-state index contributed by atoms with van der Waals surface area (Å²) in [5, 5.41) is 0.551. The van der Waals surface area contributed by atoms with Gasteiger partial charge < -0.3 is 14.2 Å². The minimum absolute atomic E-state index is 0.0667. The van der Waals surface area contributed by atoms with E-state index in [0.717, 1.165) is 12.8 Å². The quantitative estimate of drug-likeness (QED) is 0.535. The van der Waals surface area contributed by atoms with E-state index in [4.69, 9.17) is 25.8 Å². The van der Waals surface area contributed by atoms with E-state index in [1.165, 1.54) is 6.42 Å². The van der Waals surface area contributed by atoms with Gasteiger partial charge in [-0.3, -0.25) is 0 Å². The Labute approximate surface area is 173 Å². The molecule has 1 aliphatic heterocycles. The van der Waals surface area contributed by atoms with Gasteiger partial charge in [0, 0.05) is 23.4 Å². The molecule has 1 saturated carbocycles. The molecule has 0 amide bonds. The lowest BCUT2D eigenvalue weighted by atomic mass is 9.75. The number of carbonyl (C=O) groups excluding carboxylic acids is 1. The van der Waals surface area contributed by atoms with Crippen molar-refractivity contribution in [2.45, 2.75) is 84.7 Å². The maximum Gasteiger partial charge on any atom is 0.340 e. The van der Waals surface area contributed by atoms with Crippen molar-refractivity contribution >= 4 is 17.6 Å². The van der Waals surface area contributed by atoms with E-state index in [1.54, 1.807) is 12.1 Å². The van der Waals surface area contributed by atoms with Gasteiger partial charge in [-0.1, -0.05) is 52.6 Å². The van der Waals surface area contributed by atoms with Crippen molar-refractivity contribution in [3.63, 3.8) is 0 Å². The van der Waals surface area contributed by atoms with E-state index in [2.05, 4.69) is 20.8 Å². The molecular formula is C23H33ClO4. The molecule has 4 atom stereocenters. The molecule has 0 saturated heterocycles. The average molecular weight is 409 g/mol. The molecule has 0 spiro atoms. The van der Waals surface area contributed by atoms with Gasteiger partial charge in [-0.2, -0.15) is 0 Å². The summed E-state index contributed by atoms with van der Waals surface area (Å²) in [6.45, 7) is 10.7. The SMILES string of the molecule is CCC1(CC)Oc2ccc(Cl)cc2[C@H](C(=O)O[C@H]2C[C@@H](C)CC[C@@H]2C(C)C)O1. The molecule has 4 nitrogen and oxygen atoms in total. The molecule has 0 N–H and O–H groups in total. The summed E-state index contributed by atoms with van der Waals surface area (Å²) < 4.78 is 18.4. The Balaban J connectivity index is 1.88. The molecule has 1 aromatic rings. The Kier molecular flexibility index (Phi) is 6.61. The Hall–Kier alpha value is -1.26. The van der Waals surface area contributed by atoms with E-state index in [9.17, 15) is 4.79 Å². The van der Waals surface area contributed by atoms with Crippen molar-refractivity contribution in [1.82, 2.24) is 0 Å². The zero-order valence-electron chi connectivity index (χ0n) is 17.7. The first-order chi connectivity index (χ1) is 13.3. The number of halogens is 1. The summed E-state index contributed by atoms with van der Waals surface area (Å²) in [6, 6.07) is 5.35. The predicted molar refractivity (Wildman–Crippen MR) is 110 cm³/mol. The topological polar surface area (TPSA) is 44.8 Å². The van der Waals surface area contributed by atoms with Crippen molar-refractivity contribution in [2.75, 3.05) is 0 Å². The Morgan fingerprint density at radius 2 is 2.00 bits per heavy atom. The predicted octanol–water partition coefficient (Wildman–Crippen LogP) is 6.31. The van der Waals surface area contributed by atoms with Crippen molar-refractivity contribution < 1.29 is 19.0 Å². The molecule has 0 bridgehead atoms. The molecular weight excluding hydrogens is 376 g/mol. The zero-order valence-corrected chi connectivity index (χ0v) is 18.4. The van der Waals surface area contributed by atoms with Gasteiger partial charge in [-0.05, 0) is 48.8 Å². The molecule has 0 unspecified atom stereocenters. The Morgan fingerprint density at radius 1 is 1.29 bits per heavy atom. The second kappa shape index (κ2) is 8.62. The van der Waals surface area contributed by atoms with Crippen LogP contribution in [-0.4, -0.2) is 17.9 Å². The second-order valence-electron chi connectivity index (χ2n) is 8.70. The highest BCUT2D eigenvalue weighted by atomic mass is 35.5. The van der Waals surface area contributed by atoms with E-state index < -0.39 is 11.9 Å². The van der Waals surface area contributed by atoms with Gasteiger partial charge in [0.1, 0.15) is 11.9 Å². The summed E-state index contributed by atoms with van der Waals surface area (Å²) in [5.74, 6) is 0.938.